The van der Waals surface area contributed by atoms with E-state index in [1.54, 1.807) is 6.26 Å². The van der Waals surface area contributed by atoms with Gasteiger partial charge in [-0.3, -0.25) is 9.69 Å². The van der Waals surface area contributed by atoms with E-state index < -0.39 is 0 Å². The molecule has 1 aliphatic heterocycles. The highest BCUT2D eigenvalue weighted by Crippen LogP contribution is 2.24. The number of halogens is 1. The molecule has 1 atom stereocenters. The molecule has 0 spiro atoms. The zero-order chi connectivity index (χ0) is 18.5. The van der Waals surface area contributed by atoms with E-state index in [1.165, 1.54) is 12.1 Å². The summed E-state index contributed by atoms with van der Waals surface area (Å²) in [6.07, 6.45) is 1.67. The van der Waals surface area contributed by atoms with Gasteiger partial charge in [0.2, 0.25) is 5.91 Å². The van der Waals surface area contributed by atoms with Gasteiger partial charge in [0.15, 0.2) is 0 Å². The Morgan fingerprint density at radius 1 is 1.15 bits per heavy atom. The Labute approximate surface area is 153 Å². The number of anilines is 1. The molecule has 1 aromatic heterocycles. The van der Waals surface area contributed by atoms with E-state index >= 15 is 0 Å². The lowest BCUT2D eigenvalue weighted by Crippen LogP contribution is -2.50. The maximum absolute atomic E-state index is 13.1. The van der Waals surface area contributed by atoms with E-state index in [0.29, 0.717) is 6.54 Å². The largest absolute Gasteiger partial charge is 0.468 e. The highest BCUT2D eigenvalue weighted by molar-refractivity contribution is 5.77. The average Bonchev–Trinajstić information content (AvgIpc) is 3.17. The number of hydrogen-bond acceptors (Lipinski definition) is 4. The molecular formula is C20H26FN3O2. The number of nitrogens with zero attached hydrogens (tertiary/aromatic N) is 2. The Balaban J connectivity index is 1.63. The van der Waals surface area contributed by atoms with Crippen LogP contribution in [0.2, 0.25) is 0 Å². The van der Waals surface area contributed by atoms with Crippen molar-refractivity contribution in [2.24, 2.45) is 5.92 Å². The molecular weight excluding hydrogens is 333 g/mol. The third kappa shape index (κ3) is 4.43. The number of carbonyl (C=O) groups excluding carboxylic acids is 1. The van der Waals surface area contributed by atoms with E-state index in [0.717, 1.165) is 37.6 Å². The summed E-state index contributed by atoms with van der Waals surface area (Å²) in [6, 6.07) is 10.5. The number of amides is 1. The lowest BCUT2D eigenvalue weighted by atomic mass is 10.1. The molecule has 0 unspecified atom stereocenters. The van der Waals surface area contributed by atoms with Crippen molar-refractivity contribution in [2.45, 2.75) is 19.9 Å². The molecule has 1 N–H and O–H groups in total. The molecule has 3 rings (SSSR count). The first kappa shape index (κ1) is 18.5. The molecule has 1 aliphatic rings. The first-order chi connectivity index (χ1) is 12.5. The summed E-state index contributed by atoms with van der Waals surface area (Å²) in [6.45, 7) is 7.70. The van der Waals surface area contributed by atoms with E-state index in [9.17, 15) is 9.18 Å². The topological polar surface area (TPSA) is 48.7 Å². The van der Waals surface area contributed by atoms with Crippen molar-refractivity contribution >= 4 is 11.6 Å². The summed E-state index contributed by atoms with van der Waals surface area (Å²) in [4.78, 5) is 16.5. The minimum Gasteiger partial charge on any atom is -0.468 e. The van der Waals surface area contributed by atoms with Crippen LogP contribution in [-0.4, -0.2) is 43.5 Å². The third-order valence-electron chi connectivity index (χ3n) is 4.81. The third-order valence-corrected chi connectivity index (χ3v) is 4.81. The van der Waals surface area contributed by atoms with Crippen LogP contribution >= 0.6 is 0 Å². The van der Waals surface area contributed by atoms with Crippen LogP contribution in [0.5, 0.6) is 0 Å². The smallest absolute Gasteiger partial charge is 0.222 e. The molecule has 5 nitrogen and oxygen atoms in total. The maximum Gasteiger partial charge on any atom is 0.222 e. The van der Waals surface area contributed by atoms with Crippen molar-refractivity contribution < 1.29 is 13.6 Å². The van der Waals surface area contributed by atoms with Gasteiger partial charge in [0.1, 0.15) is 11.6 Å². The predicted molar refractivity (Wildman–Crippen MR) is 99.5 cm³/mol. The molecule has 0 saturated carbocycles. The second kappa shape index (κ2) is 8.36. The average molecular weight is 359 g/mol. The van der Waals surface area contributed by atoms with Crippen molar-refractivity contribution in [3.8, 4) is 0 Å². The van der Waals surface area contributed by atoms with Crippen LogP contribution in [0.1, 0.15) is 25.6 Å². The van der Waals surface area contributed by atoms with Gasteiger partial charge in [-0.05, 0) is 36.4 Å². The molecule has 2 heterocycles. The number of furan rings is 1. The monoisotopic (exact) mass is 359 g/mol. The Hall–Kier alpha value is -2.34. The van der Waals surface area contributed by atoms with Crippen molar-refractivity contribution in [3.05, 3.63) is 54.2 Å². The van der Waals surface area contributed by atoms with Crippen LogP contribution in [-0.2, 0) is 4.79 Å². The van der Waals surface area contributed by atoms with E-state index in [1.807, 2.05) is 38.1 Å². The van der Waals surface area contributed by atoms with Crippen LogP contribution in [0.3, 0.4) is 0 Å². The predicted octanol–water partition coefficient (Wildman–Crippen LogP) is 3.05. The molecule has 0 aliphatic carbocycles. The van der Waals surface area contributed by atoms with Gasteiger partial charge in [0.05, 0.1) is 12.3 Å². The first-order valence-corrected chi connectivity index (χ1v) is 9.10. The summed E-state index contributed by atoms with van der Waals surface area (Å²) < 4.78 is 18.7. The lowest BCUT2D eigenvalue weighted by molar-refractivity contribution is -0.124. The molecule has 0 bridgehead atoms. The normalized spacial score (nSPS) is 16.7. The van der Waals surface area contributed by atoms with Gasteiger partial charge in [-0.1, -0.05) is 13.8 Å². The van der Waals surface area contributed by atoms with Crippen LogP contribution in [0.15, 0.2) is 47.1 Å². The standard InChI is InChI=1S/C20H26FN3O2/c1-15(2)20(25)22-14-18(19-4-3-13-26-19)24-11-9-23(10-12-24)17-7-5-16(21)6-8-17/h3-8,13,15,18H,9-12,14H2,1-2H3,(H,22,25)/t18-/m0/s1. The van der Waals surface area contributed by atoms with Gasteiger partial charge in [0, 0.05) is 44.3 Å². The Morgan fingerprint density at radius 3 is 2.42 bits per heavy atom. The molecule has 140 valence electrons. The van der Waals surface area contributed by atoms with E-state index in [-0.39, 0.29) is 23.7 Å². The van der Waals surface area contributed by atoms with Gasteiger partial charge in [-0.2, -0.15) is 0 Å². The van der Waals surface area contributed by atoms with Crippen LogP contribution in [0, 0.1) is 11.7 Å². The molecule has 1 fully saturated rings. The fourth-order valence-corrected chi connectivity index (χ4v) is 3.24. The molecule has 6 heteroatoms. The zero-order valence-electron chi connectivity index (χ0n) is 15.3. The number of hydrogen-bond donors (Lipinski definition) is 1. The Kier molecular flexibility index (Phi) is 5.93. The van der Waals surface area contributed by atoms with Gasteiger partial charge < -0.3 is 14.6 Å². The van der Waals surface area contributed by atoms with E-state index in [2.05, 4.69) is 15.1 Å². The minimum absolute atomic E-state index is 0.0167. The van der Waals surface area contributed by atoms with E-state index in [4.69, 9.17) is 4.42 Å². The number of carbonyl (C=O) groups is 1. The van der Waals surface area contributed by atoms with Crippen molar-refractivity contribution in [2.75, 3.05) is 37.6 Å². The quantitative estimate of drug-likeness (QED) is 0.861. The number of piperazine rings is 1. The molecule has 1 aromatic carbocycles. The molecule has 1 amide bonds. The maximum atomic E-state index is 13.1. The highest BCUT2D eigenvalue weighted by Gasteiger charge is 2.27. The first-order valence-electron chi connectivity index (χ1n) is 9.10. The SMILES string of the molecule is CC(C)C(=O)NC[C@@H](c1ccco1)N1CCN(c2ccc(F)cc2)CC1. The van der Waals surface area contributed by atoms with Gasteiger partial charge in [-0.15, -0.1) is 0 Å². The summed E-state index contributed by atoms with van der Waals surface area (Å²) >= 11 is 0. The van der Waals surface area contributed by atoms with Crippen molar-refractivity contribution in [1.29, 1.82) is 0 Å². The molecule has 26 heavy (non-hydrogen) atoms. The van der Waals surface area contributed by atoms with Gasteiger partial charge >= 0.3 is 0 Å². The Morgan fingerprint density at radius 2 is 1.85 bits per heavy atom. The van der Waals surface area contributed by atoms with Crippen LogP contribution < -0.4 is 10.2 Å². The minimum atomic E-state index is -0.217. The second-order valence-electron chi connectivity index (χ2n) is 6.93. The second-order valence-corrected chi connectivity index (χ2v) is 6.93. The van der Waals surface area contributed by atoms with Gasteiger partial charge in [0.25, 0.3) is 0 Å². The van der Waals surface area contributed by atoms with Crippen LogP contribution in [0.25, 0.3) is 0 Å². The fourth-order valence-electron chi connectivity index (χ4n) is 3.24. The van der Waals surface area contributed by atoms with Crippen LogP contribution in [0.4, 0.5) is 10.1 Å². The zero-order valence-corrected chi connectivity index (χ0v) is 15.3. The Bertz CT molecular complexity index is 692. The summed E-state index contributed by atoms with van der Waals surface area (Å²) in [7, 11) is 0. The number of rotatable bonds is 6. The summed E-state index contributed by atoms with van der Waals surface area (Å²) in [5, 5.41) is 3.02. The molecule has 0 radical (unpaired) electrons. The molecule has 1 saturated heterocycles. The number of nitrogens with one attached hydrogen (secondary N) is 1. The fraction of sp³-hybridized carbons (Fsp3) is 0.450. The molecule has 2 aromatic rings. The van der Waals surface area contributed by atoms with Crippen molar-refractivity contribution in [3.63, 3.8) is 0 Å². The summed E-state index contributed by atoms with van der Waals surface area (Å²) in [5.74, 6) is 0.657. The lowest BCUT2D eigenvalue weighted by Gasteiger charge is -2.39. The van der Waals surface area contributed by atoms with Gasteiger partial charge in [-0.25, -0.2) is 4.39 Å². The highest BCUT2D eigenvalue weighted by atomic mass is 19.1. The van der Waals surface area contributed by atoms with Crippen molar-refractivity contribution in [1.82, 2.24) is 10.2 Å². The summed E-state index contributed by atoms with van der Waals surface area (Å²) in [5.41, 5.74) is 1.04. The number of benzene rings is 1.